The van der Waals surface area contributed by atoms with Crippen molar-refractivity contribution in [2.24, 2.45) is 0 Å². The Morgan fingerprint density at radius 1 is 0.909 bits per heavy atom. The molecule has 0 spiro atoms. The number of piperazine rings is 1. The fraction of sp³-hybridized carbons (Fsp3) is 0.381. The number of carbonyl (C=O) groups is 1. The van der Waals surface area contributed by atoms with Crippen LogP contribution in [0.5, 0.6) is 0 Å². The summed E-state index contributed by atoms with van der Waals surface area (Å²) in [6, 6.07) is 11.5. The smallest absolute Gasteiger partial charge is 0.243 e. The van der Waals surface area contributed by atoms with E-state index in [0.29, 0.717) is 26.2 Å². The number of rotatable bonds is 7. The van der Waals surface area contributed by atoms with Gasteiger partial charge in [0, 0.05) is 46.0 Å². The number of halogens is 1. The largest absolute Gasteiger partial charge is 0.368 e. The number of benzene rings is 2. The summed E-state index contributed by atoms with van der Waals surface area (Å²) < 4.78 is 64.5. The number of anilines is 2. The first-order valence-corrected chi connectivity index (χ1v) is 13.5. The monoisotopic (exact) mass is 498 g/mol. The van der Waals surface area contributed by atoms with Crippen molar-refractivity contribution in [1.82, 2.24) is 9.21 Å². The van der Waals surface area contributed by atoms with Crippen LogP contribution in [0, 0.1) is 5.82 Å². The topological polar surface area (TPSA) is 98.3 Å². The first kappa shape index (κ1) is 24.9. The van der Waals surface area contributed by atoms with Gasteiger partial charge in [-0.25, -0.2) is 25.5 Å². The quantitative estimate of drug-likeness (QED) is 0.569. The van der Waals surface area contributed by atoms with Crippen LogP contribution >= 0.6 is 0 Å². The van der Waals surface area contributed by atoms with Crippen molar-refractivity contribution in [3.8, 4) is 0 Å². The molecule has 0 bridgehead atoms. The van der Waals surface area contributed by atoms with Gasteiger partial charge in [-0.05, 0) is 48.5 Å². The molecular formula is C21H27FN4O5S2. The van der Waals surface area contributed by atoms with Gasteiger partial charge in [0.2, 0.25) is 26.0 Å². The lowest BCUT2D eigenvalue weighted by molar-refractivity contribution is -0.129. The van der Waals surface area contributed by atoms with Gasteiger partial charge in [0.1, 0.15) is 12.4 Å². The molecule has 0 N–H and O–H groups in total. The van der Waals surface area contributed by atoms with Gasteiger partial charge in [-0.2, -0.15) is 0 Å². The Labute approximate surface area is 194 Å². The molecule has 3 rings (SSSR count). The van der Waals surface area contributed by atoms with E-state index in [4.69, 9.17) is 0 Å². The highest BCUT2D eigenvalue weighted by Crippen LogP contribution is 2.22. The SMILES string of the molecule is CN(C)S(=O)(=O)c1ccc(N(CC(=O)N2CCN(c3ccc(F)cc3)CC2)S(C)(=O)=O)cc1. The van der Waals surface area contributed by atoms with Crippen LogP contribution in [0.4, 0.5) is 15.8 Å². The Balaban J connectivity index is 1.70. The summed E-state index contributed by atoms with van der Waals surface area (Å²) in [6.07, 6.45) is 0.997. The molecule has 180 valence electrons. The third-order valence-corrected chi connectivity index (χ3v) is 8.38. The van der Waals surface area contributed by atoms with Gasteiger partial charge in [-0.1, -0.05) is 0 Å². The Bertz CT molecular complexity index is 1190. The molecule has 2 aromatic rings. The Kier molecular flexibility index (Phi) is 7.29. The Hall–Kier alpha value is -2.70. The maximum Gasteiger partial charge on any atom is 0.243 e. The first-order valence-electron chi connectivity index (χ1n) is 10.2. The molecule has 1 aliphatic heterocycles. The van der Waals surface area contributed by atoms with E-state index in [9.17, 15) is 26.0 Å². The summed E-state index contributed by atoms with van der Waals surface area (Å²) in [6.45, 7) is 1.47. The van der Waals surface area contributed by atoms with Crippen LogP contribution in [0.1, 0.15) is 0 Å². The predicted molar refractivity (Wildman–Crippen MR) is 125 cm³/mol. The molecule has 1 aliphatic rings. The lowest BCUT2D eigenvalue weighted by atomic mass is 10.2. The fourth-order valence-corrected chi connectivity index (χ4v) is 5.24. The zero-order chi connectivity index (χ0) is 24.4. The van der Waals surface area contributed by atoms with Crippen molar-refractivity contribution < 1.29 is 26.0 Å². The molecule has 1 amide bonds. The minimum atomic E-state index is -3.79. The Morgan fingerprint density at radius 3 is 1.94 bits per heavy atom. The average Bonchev–Trinajstić information content (AvgIpc) is 2.77. The molecule has 12 heteroatoms. The van der Waals surface area contributed by atoms with Gasteiger partial charge >= 0.3 is 0 Å². The summed E-state index contributed by atoms with van der Waals surface area (Å²) in [5.41, 5.74) is 1.06. The summed E-state index contributed by atoms with van der Waals surface area (Å²) in [7, 11) is -4.65. The van der Waals surface area contributed by atoms with Gasteiger partial charge in [-0.15, -0.1) is 0 Å². The third kappa shape index (κ3) is 5.81. The normalized spacial score (nSPS) is 15.1. The second kappa shape index (κ2) is 9.65. The van der Waals surface area contributed by atoms with E-state index in [1.165, 1.54) is 50.5 Å². The highest BCUT2D eigenvalue weighted by atomic mass is 32.2. The summed E-state index contributed by atoms with van der Waals surface area (Å²) in [4.78, 5) is 16.5. The molecule has 0 radical (unpaired) electrons. The molecule has 2 aromatic carbocycles. The van der Waals surface area contributed by atoms with Gasteiger partial charge in [0.25, 0.3) is 0 Å². The van der Waals surface area contributed by atoms with Crippen molar-refractivity contribution in [2.75, 3.05) is 62.3 Å². The number of hydrogen-bond donors (Lipinski definition) is 0. The van der Waals surface area contributed by atoms with Crippen molar-refractivity contribution in [3.05, 3.63) is 54.3 Å². The van der Waals surface area contributed by atoms with Gasteiger partial charge in [0.05, 0.1) is 16.8 Å². The van der Waals surface area contributed by atoms with Gasteiger partial charge in [-0.3, -0.25) is 9.10 Å². The standard InChI is InChI=1S/C21H27FN4O5S2/c1-23(2)33(30,31)20-10-8-19(9-11-20)26(32(3,28)29)16-21(27)25-14-12-24(13-15-25)18-6-4-17(22)5-7-18/h4-11H,12-16H2,1-3H3. The van der Waals surface area contributed by atoms with E-state index in [1.807, 2.05) is 4.90 Å². The molecule has 1 fully saturated rings. The van der Waals surface area contributed by atoms with Crippen LogP contribution in [0.25, 0.3) is 0 Å². The third-order valence-electron chi connectivity index (χ3n) is 5.41. The number of amides is 1. The van der Waals surface area contributed by atoms with Crippen molar-refractivity contribution in [1.29, 1.82) is 0 Å². The zero-order valence-electron chi connectivity index (χ0n) is 18.7. The molecule has 0 unspecified atom stereocenters. The maximum atomic E-state index is 13.1. The van der Waals surface area contributed by atoms with Crippen LogP contribution in [0.15, 0.2) is 53.4 Å². The van der Waals surface area contributed by atoms with Crippen LogP contribution in [-0.4, -0.2) is 85.0 Å². The lowest BCUT2D eigenvalue weighted by Gasteiger charge is -2.37. The highest BCUT2D eigenvalue weighted by Gasteiger charge is 2.27. The minimum Gasteiger partial charge on any atom is -0.368 e. The average molecular weight is 499 g/mol. The summed E-state index contributed by atoms with van der Waals surface area (Å²) in [5.74, 6) is -0.676. The molecule has 0 aromatic heterocycles. The number of hydrogen-bond acceptors (Lipinski definition) is 6. The molecular weight excluding hydrogens is 471 g/mol. The molecule has 1 saturated heterocycles. The van der Waals surface area contributed by atoms with Crippen molar-refractivity contribution in [3.63, 3.8) is 0 Å². The maximum absolute atomic E-state index is 13.1. The summed E-state index contributed by atoms with van der Waals surface area (Å²) >= 11 is 0. The Morgan fingerprint density at radius 2 is 1.45 bits per heavy atom. The number of sulfonamides is 2. The van der Waals surface area contributed by atoms with Gasteiger partial charge in [0.15, 0.2) is 0 Å². The summed E-state index contributed by atoms with van der Waals surface area (Å²) in [5, 5.41) is 0. The van der Waals surface area contributed by atoms with E-state index in [1.54, 1.807) is 17.0 Å². The number of nitrogens with zero attached hydrogens (tertiary/aromatic N) is 4. The van der Waals surface area contributed by atoms with E-state index < -0.39 is 26.6 Å². The van der Waals surface area contributed by atoms with E-state index in [0.717, 1.165) is 20.6 Å². The van der Waals surface area contributed by atoms with Crippen LogP contribution in [0.3, 0.4) is 0 Å². The molecule has 0 atom stereocenters. The van der Waals surface area contributed by atoms with E-state index in [2.05, 4.69) is 0 Å². The zero-order valence-corrected chi connectivity index (χ0v) is 20.3. The van der Waals surface area contributed by atoms with Crippen LogP contribution < -0.4 is 9.21 Å². The number of carbonyl (C=O) groups excluding carboxylic acids is 1. The molecule has 1 heterocycles. The van der Waals surface area contributed by atoms with Crippen molar-refractivity contribution in [2.45, 2.75) is 4.90 Å². The second-order valence-electron chi connectivity index (χ2n) is 7.90. The molecule has 33 heavy (non-hydrogen) atoms. The fourth-order valence-electron chi connectivity index (χ4n) is 3.48. The highest BCUT2D eigenvalue weighted by molar-refractivity contribution is 7.92. The van der Waals surface area contributed by atoms with E-state index >= 15 is 0 Å². The molecule has 9 nitrogen and oxygen atoms in total. The van der Waals surface area contributed by atoms with Crippen LogP contribution in [0.2, 0.25) is 0 Å². The van der Waals surface area contributed by atoms with Gasteiger partial charge < -0.3 is 9.80 Å². The lowest BCUT2D eigenvalue weighted by Crippen LogP contribution is -2.52. The molecule has 0 aliphatic carbocycles. The van der Waals surface area contributed by atoms with Crippen molar-refractivity contribution >= 4 is 37.3 Å². The second-order valence-corrected chi connectivity index (χ2v) is 12.0. The van der Waals surface area contributed by atoms with Crippen LogP contribution in [-0.2, 0) is 24.8 Å². The first-order chi connectivity index (χ1) is 15.4. The predicted octanol–water partition coefficient (Wildman–Crippen LogP) is 1.19. The van der Waals surface area contributed by atoms with E-state index in [-0.39, 0.29) is 22.3 Å². The molecule has 0 saturated carbocycles. The minimum absolute atomic E-state index is 0.0212.